The molecule has 2 aromatic carbocycles. The summed E-state index contributed by atoms with van der Waals surface area (Å²) in [6, 6.07) is 16.1. The molecule has 0 aliphatic heterocycles. The van der Waals surface area contributed by atoms with Crippen LogP contribution in [-0.2, 0) is 5.75 Å². The normalized spacial score (nSPS) is 11.0. The second kappa shape index (κ2) is 10.2. The second-order valence-corrected chi connectivity index (χ2v) is 8.15. The summed E-state index contributed by atoms with van der Waals surface area (Å²) in [6.45, 7) is 0. The molecule has 0 aromatic heterocycles. The van der Waals surface area contributed by atoms with E-state index in [1.54, 1.807) is 29.7 Å². The van der Waals surface area contributed by atoms with Gasteiger partial charge in [-0.3, -0.25) is 0 Å². The second-order valence-electron chi connectivity index (χ2n) is 4.35. The van der Waals surface area contributed by atoms with Crippen molar-refractivity contribution < 1.29 is 4.74 Å². The van der Waals surface area contributed by atoms with Crippen molar-refractivity contribution in [2.45, 2.75) is 10.6 Å². The van der Waals surface area contributed by atoms with Crippen LogP contribution in [0.15, 0.2) is 64.9 Å². The number of rotatable bonds is 8. The number of benzene rings is 2. The first kappa shape index (κ1) is 17.7. The minimum absolute atomic E-state index is 0.788. The van der Waals surface area contributed by atoms with E-state index >= 15 is 0 Å². The Bertz CT molecular complexity index is 599. The average Bonchev–Trinajstić information content (AvgIpc) is 2.56. The van der Waals surface area contributed by atoms with Crippen molar-refractivity contribution in [3.63, 3.8) is 0 Å². The van der Waals surface area contributed by atoms with Gasteiger partial charge in [0.15, 0.2) is 0 Å². The van der Waals surface area contributed by atoms with Crippen LogP contribution in [0.2, 0.25) is 5.02 Å². The van der Waals surface area contributed by atoms with Gasteiger partial charge in [-0.05, 0) is 41.3 Å². The van der Waals surface area contributed by atoms with E-state index in [-0.39, 0.29) is 0 Å². The molecule has 1 nitrogen and oxygen atoms in total. The molecule has 0 unspecified atom stereocenters. The lowest BCUT2D eigenvalue weighted by atomic mass is 10.2. The molecule has 0 atom stereocenters. The van der Waals surface area contributed by atoms with E-state index in [2.05, 4.69) is 35.7 Å². The van der Waals surface area contributed by atoms with Crippen LogP contribution < -0.4 is 4.74 Å². The molecule has 0 saturated carbocycles. The van der Waals surface area contributed by atoms with Crippen molar-refractivity contribution in [3.8, 4) is 5.75 Å². The SMILES string of the molecule is COc1cccc(SC/C=C\SSCc2ccc(Cl)cc2)c1. The van der Waals surface area contributed by atoms with Crippen LogP contribution in [0.25, 0.3) is 0 Å². The van der Waals surface area contributed by atoms with Crippen LogP contribution in [0.4, 0.5) is 0 Å². The Labute approximate surface area is 149 Å². The zero-order chi connectivity index (χ0) is 15.6. The fraction of sp³-hybridized carbons (Fsp3) is 0.176. The Morgan fingerprint density at radius 3 is 2.73 bits per heavy atom. The number of methoxy groups -OCH3 is 1. The maximum absolute atomic E-state index is 5.87. The van der Waals surface area contributed by atoms with Gasteiger partial charge in [0.1, 0.15) is 5.75 Å². The van der Waals surface area contributed by atoms with E-state index in [0.29, 0.717) is 0 Å². The maximum atomic E-state index is 5.87. The molecule has 0 amide bonds. The first-order valence-corrected chi connectivity index (χ1v) is 10.5. The number of thioether (sulfide) groups is 1. The average molecular weight is 369 g/mol. The van der Waals surface area contributed by atoms with Crippen LogP contribution >= 0.6 is 45.0 Å². The molecule has 0 N–H and O–H groups in total. The molecule has 22 heavy (non-hydrogen) atoms. The van der Waals surface area contributed by atoms with Crippen LogP contribution in [0.1, 0.15) is 5.56 Å². The summed E-state index contributed by atoms with van der Waals surface area (Å²) in [6.07, 6.45) is 2.18. The van der Waals surface area contributed by atoms with Crippen LogP contribution in [0.3, 0.4) is 0 Å². The third kappa shape index (κ3) is 6.61. The van der Waals surface area contributed by atoms with Gasteiger partial charge in [-0.15, -0.1) is 11.8 Å². The minimum Gasteiger partial charge on any atom is -0.497 e. The summed E-state index contributed by atoms with van der Waals surface area (Å²) < 4.78 is 5.22. The number of hydrogen-bond acceptors (Lipinski definition) is 4. The zero-order valence-corrected chi connectivity index (χ0v) is 15.4. The van der Waals surface area contributed by atoms with E-state index in [1.165, 1.54) is 10.5 Å². The molecule has 2 aromatic rings. The molecule has 116 valence electrons. The molecule has 0 bridgehead atoms. The van der Waals surface area contributed by atoms with Gasteiger partial charge in [0.25, 0.3) is 0 Å². The number of halogens is 1. The molecule has 0 fully saturated rings. The Morgan fingerprint density at radius 2 is 1.95 bits per heavy atom. The monoisotopic (exact) mass is 368 g/mol. The summed E-state index contributed by atoms with van der Waals surface area (Å²) in [7, 11) is 5.27. The topological polar surface area (TPSA) is 9.23 Å². The molecule has 0 heterocycles. The lowest BCUT2D eigenvalue weighted by Gasteiger charge is -2.02. The van der Waals surface area contributed by atoms with E-state index in [9.17, 15) is 0 Å². The summed E-state index contributed by atoms with van der Waals surface area (Å²) in [5.74, 6) is 2.85. The first-order valence-electron chi connectivity index (χ1n) is 6.72. The van der Waals surface area contributed by atoms with Crippen molar-refractivity contribution in [1.82, 2.24) is 0 Å². The Hall–Kier alpha value is -0.680. The largest absolute Gasteiger partial charge is 0.497 e. The molecular formula is C17H17ClOS3. The minimum atomic E-state index is 0.788. The predicted octanol–water partition coefficient (Wildman–Crippen LogP) is 6.54. The number of ether oxygens (including phenoxy) is 1. The molecule has 0 aliphatic carbocycles. The summed E-state index contributed by atoms with van der Waals surface area (Å²) in [5, 5.41) is 2.93. The quantitative estimate of drug-likeness (QED) is 0.297. The van der Waals surface area contributed by atoms with E-state index in [0.717, 1.165) is 22.3 Å². The van der Waals surface area contributed by atoms with Gasteiger partial charge in [-0.1, -0.05) is 57.5 Å². The Morgan fingerprint density at radius 1 is 1.14 bits per heavy atom. The van der Waals surface area contributed by atoms with Crippen molar-refractivity contribution in [2.75, 3.05) is 12.9 Å². The van der Waals surface area contributed by atoms with Gasteiger partial charge in [-0.25, -0.2) is 0 Å². The lowest BCUT2D eigenvalue weighted by Crippen LogP contribution is -1.82. The highest BCUT2D eigenvalue weighted by Gasteiger charge is 1.95. The molecule has 0 radical (unpaired) electrons. The van der Waals surface area contributed by atoms with Gasteiger partial charge >= 0.3 is 0 Å². The zero-order valence-electron chi connectivity index (χ0n) is 12.2. The molecule has 0 aliphatic rings. The first-order chi connectivity index (χ1) is 10.8. The fourth-order valence-electron chi connectivity index (χ4n) is 1.64. The highest BCUT2D eigenvalue weighted by molar-refractivity contribution is 8.77. The van der Waals surface area contributed by atoms with Gasteiger partial charge in [0.2, 0.25) is 0 Å². The summed E-state index contributed by atoms with van der Waals surface area (Å²) in [5.41, 5.74) is 1.29. The van der Waals surface area contributed by atoms with Crippen molar-refractivity contribution in [3.05, 3.63) is 70.6 Å². The standard InChI is InChI=1S/C17H17ClOS3/c1-19-16-4-2-5-17(12-16)20-10-3-11-21-22-13-14-6-8-15(18)9-7-14/h2-9,11-12H,10,13H2,1H3/b11-3-. The van der Waals surface area contributed by atoms with Gasteiger partial charge < -0.3 is 4.74 Å². The van der Waals surface area contributed by atoms with Crippen LogP contribution in [0.5, 0.6) is 5.75 Å². The van der Waals surface area contributed by atoms with Gasteiger partial charge in [0, 0.05) is 21.4 Å². The summed E-state index contributed by atoms with van der Waals surface area (Å²) >= 11 is 7.67. The molecule has 0 spiro atoms. The van der Waals surface area contributed by atoms with Gasteiger partial charge in [-0.2, -0.15) is 0 Å². The van der Waals surface area contributed by atoms with E-state index < -0.39 is 0 Å². The highest BCUT2D eigenvalue weighted by atomic mass is 35.5. The van der Waals surface area contributed by atoms with Crippen LogP contribution in [-0.4, -0.2) is 12.9 Å². The number of hydrogen-bond donors (Lipinski definition) is 0. The molecule has 2 rings (SSSR count). The lowest BCUT2D eigenvalue weighted by molar-refractivity contribution is 0.413. The smallest absolute Gasteiger partial charge is 0.119 e. The molecular weight excluding hydrogens is 352 g/mol. The third-order valence-corrected chi connectivity index (χ3v) is 5.93. The fourth-order valence-corrected chi connectivity index (χ4v) is 4.38. The molecule has 5 heteroatoms. The van der Waals surface area contributed by atoms with Crippen molar-refractivity contribution >= 4 is 45.0 Å². The predicted molar refractivity (Wildman–Crippen MR) is 103 cm³/mol. The summed E-state index contributed by atoms with van der Waals surface area (Å²) in [4.78, 5) is 1.22. The van der Waals surface area contributed by atoms with Crippen molar-refractivity contribution in [2.24, 2.45) is 0 Å². The molecule has 0 saturated heterocycles. The highest BCUT2D eigenvalue weighted by Crippen LogP contribution is 2.28. The maximum Gasteiger partial charge on any atom is 0.119 e. The van der Waals surface area contributed by atoms with E-state index in [4.69, 9.17) is 16.3 Å². The third-order valence-electron chi connectivity index (χ3n) is 2.75. The Balaban J connectivity index is 1.62. The van der Waals surface area contributed by atoms with Crippen LogP contribution in [0, 0.1) is 0 Å². The van der Waals surface area contributed by atoms with Gasteiger partial charge in [0.05, 0.1) is 7.11 Å². The van der Waals surface area contributed by atoms with E-state index in [1.807, 2.05) is 35.1 Å². The van der Waals surface area contributed by atoms with Crippen molar-refractivity contribution in [1.29, 1.82) is 0 Å². The Kier molecular flexibility index (Phi) is 8.16.